The third kappa shape index (κ3) is 3.00. The first kappa shape index (κ1) is 14.3. The van der Waals surface area contributed by atoms with Crippen molar-refractivity contribution >= 4 is 28.5 Å². The number of nitrogens with zero attached hydrogens (tertiary/aromatic N) is 4. The first-order chi connectivity index (χ1) is 10.8. The van der Waals surface area contributed by atoms with Crippen molar-refractivity contribution in [1.29, 1.82) is 5.26 Å². The number of nitriles is 1. The predicted octanol–water partition coefficient (Wildman–Crippen LogP) is 3.48. The van der Waals surface area contributed by atoms with Gasteiger partial charge in [0.25, 0.3) is 0 Å². The van der Waals surface area contributed by atoms with E-state index in [1.807, 2.05) is 31.2 Å². The summed E-state index contributed by atoms with van der Waals surface area (Å²) in [7, 11) is 0. The van der Waals surface area contributed by atoms with Gasteiger partial charge in [-0.05, 0) is 43.0 Å². The average Bonchev–Trinajstić information content (AvgIpc) is 2.56. The fourth-order valence-electron chi connectivity index (χ4n) is 2.00. The second-order valence-electron chi connectivity index (χ2n) is 4.50. The van der Waals surface area contributed by atoms with E-state index in [-0.39, 0.29) is 0 Å². The van der Waals surface area contributed by atoms with E-state index >= 15 is 0 Å². The van der Waals surface area contributed by atoms with E-state index in [4.69, 9.17) is 5.26 Å². The van der Waals surface area contributed by atoms with E-state index in [0.29, 0.717) is 10.7 Å². The van der Waals surface area contributed by atoms with Gasteiger partial charge in [-0.25, -0.2) is 15.0 Å². The zero-order chi connectivity index (χ0) is 15.4. The van der Waals surface area contributed by atoms with Crippen molar-refractivity contribution in [2.75, 3.05) is 11.9 Å². The van der Waals surface area contributed by atoms with Gasteiger partial charge in [0.2, 0.25) is 0 Å². The molecule has 1 N–H and O–H groups in total. The summed E-state index contributed by atoms with van der Waals surface area (Å²) in [6.45, 7) is 2.83. The Morgan fingerprint density at radius 3 is 2.77 bits per heavy atom. The number of rotatable bonds is 4. The van der Waals surface area contributed by atoms with Crippen molar-refractivity contribution in [1.82, 2.24) is 15.0 Å². The number of para-hydroxylation sites is 1. The molecular formula is C16H13N5S. The molecule has 3 rings (SSSR count). The number of nitrogens with one attached hydrogen (secondary N) is 1. The SMILES string of the molecule is CCNc1nc(Sc2ccc(C#N)cn2)nc2ccccc12. The van der Waals surface area contributed by atoms with Gasteiger partial charge in [0.15, 0.2) is 5.16 Å². The zero-order valence-corrected chi connectivity index (χ0v) is 12.8. The van der Waals surface area contributed by atoms with Gasteiger partial charge in [0.1, 0.15) is 16.9 Å². The molecule has 2 aromatic heterocycles. The Bertz CT molecular complexity index is 839. The minimum atomic E-state index is 0.539. The van der Waals surface area contributed by atoms with Gasteiger partial charge in [0, 0.05) is 18.1 Å². The van der Waals surface area contributed by atoms with Crippen molar-refractivity contribution in [2.24, 2.45) is 0 Å². The number of hydrogen-bond donors (Lipinski definition) is 1. The maximum absolute atomic E-state index is 8.80. The summed E-state index contributed by atoms with van der Waals surface area (Å²) in [4.78, 5) is 13.4. The average molecular weight is 307 g/mol. The standard InChI is InChI=1S/C16H13N5S/c1-2-18-15-12-5-3-4-6-13(12)20-16(21-15)22-14-8-7-11(9-17)10-19-14/h3-8,10H,2H2,1H3,(H,18,20,21). The van der Waals surface area contributed by atoms with Crippen LogP contribution in [0.25, 0.3) is 10.9 Å². The minimum absolute atomic E-state index is 0.539. The monoisotopic (exact) mass is 307 g/mol. The van der Waals surface area contributed by atoms with Gasteiger partial charge in [-0.1, -0.05) is 12.1 Å². The molecule has 0 aliphatic heterocycles. The molecule has 22 heavy (non-hydrogen) atoms. The van der Waals surface area contributed by atoms with Crippen molar-refractivity contribution in [3.8, 4) is 6.07 Å². The first-order valence-corrected chi connectivity index (χ1v) is 7.66. The van der Waals surface area contributed by atoms with E-state index in [9.17, 15) is 0 Å². The summed E-state index contributed by atoms with van der Waals surface area (Å²) < 4.78 is 0. The number of anilines is 1. The van der Waals surface area contributed by atoms with Crippen molar-refractivity contribution in [2.45, 2.75) is 17.1 Å². The van der Waals surface area contributed by atoms with Crippen LogP contribution in [-0.2, 0) is 0 Å². The smallest absolute Gasteiger partial charge is 0.196 e. The summed E-state index contributed by atoms with van der Waals surface area (Å²) >= 11 is 1.38. The molecule has 0 atom stereocenters. The maximum Gasteiger partial charge on any atom is 0.196 e. The van der Waals surface area contributed by atoms with Gasteiger partial charge in [0.05, 0.1) is 11.1 Å². The third-order valence-corrected chi connectivity index (χ3v) is 3.80. The Labute approximate surface area is 132 Å². The highest BCUT2D eigenvalue weighted by Gasteiger charge is 2.09. The highest BCUT2D eigenvalue weighted by atomic mass is 32.2. The first-order valence-electron chi connectivity index (χ1n) is 6.85. The normalized spacial score (nSPS) is 10.4. The van der Waals surface area contributed by atoms with Gasteiger partial charge in [-0.15, -0.1) is 0 Å². The zero-order valence-electron chi connectivity index (χ0n) is 11.9. The van der Waals surface area contributed by atoms with Crippen molar-refractivity contribution < 1.29 is 0 Å². The molecule has 3 aromatic rings. The Balaban J connectivity index is 1.97. The Morgan fingerprint density at radius 1 is 1.18 bits per heavy atom. The van der Waals surface area contributed by atoms with Crippen LogP contribution in [0.3, 0.4) is 0 Å². The van der Waals surface area contributed by atoms with Crippen molar-refractivity contribution in [3.05, 3.63) is 48.2 Å². The number of fused-ring (bicyclic) bond motifs is 1. The minimum Gasteiger partial charge on any atom is -0.370 e. The molecule has 0 radical (unpaired) electrons. The largest absolute Gasteiger partial charge is 0.370 e. The van der Waals surface area contributed by atoms with E-state index < -0.39 is 0 Å². The van der Waals surface area contributed by atoms with E-state index in [0.717, 1.165) is 28.3 Å². The number of pyridine rings is 1. The predicted molar refractivity (Wildman–Crippen MR) is 86.8 cm³/mol. The van der Waals surface area contributed by atoms with Crippen LogP contribution in [0.4, 0.5) is 5.82 Å². The van der Waals surface area contributed by atoms with Crippen LogP contribution >= 0.6 is 11.8 Å². The van der Waals surface area contributed by atoms with Gasteiger partial charge in [-0.2, -0.15) is 5.26 Å². The van der Waals surface area contributed by atoms with Crippen LogP contribution in [0.15, 0.2) is 52.8 Å². The number of benzene rings is 1. The van der Waals surface area contributed by atoms with Crippen LogP contribution in [0, 0.1) is 11.3 Å². The molecule has 0 aliphatic carbocycles. The molecule has 108 valence electrons. The molecule has 0 amide bonds. The molecule has 0 spiro atoms. The fourth-order valence-corrected chi connectivity index (χ4v) is 2.71. The number of aromatic nitrogens is 3. The Kier molecular flexibility index (Phi) is 4.17. The second-order valence-corrected chi connectivity index (χ2v) is 5.49. The molecule has 6 heteroatoms. The van der Waals surface area contributed by atoms with E-state index in [1.165, 1.54) is 11.8 Å². The Hall–Kier alpha value is -2.65. The molecule has 0 saturated heterocycles. The molecule has 0 saturated carbocycles. The molecule has 5 nitrogen and oxygen atoms in total. The summed E-state index contributed by atoms with van der Waals surface area (Å²) in [5, 5.41) is 14.5. The van der Waals surface area contributed by atoms with Gasteiger partial charge < -0.3 is 5.32 Å². The third-order valence-electron chi connectivity index (χ3n) is 2.99. The van der Waals surface area contributed by atoms with E-state index in [1.54, 1.807) is 18.3 Å². The topological polar surface area (TPSA) is 74.5 Å². The summed E-state index contributed by atoms with van der Waals surface area (Å²) in [5.41, 5.74) is 1.43. The molecular weight excluding hydrogens is 294 g/mol. The molecule has 0 unspecified atom stereocenters. The van der Waals surface area contributed by atoms with Crippen LogP contribution in [0.5, 0.6) is 0 Å². The lowest BCUT2D eigenvalue weighted by molar-refractivity contribution is 0.984. The summed E-state index contributed by atoms with van der Waals surface area (Å²) in [6.07, 6.45) is 1.55. The lowest BCUT2D eigenvalue weighted by Gasteiger charge is -2.08. The maximum atomic E-state index is 8.80. The lowest BCUT2D eigenvalue weighted by atomic mass is 10.2. The molecule has 2 heterocycles. The highest BCUT2D eigenvalue weighted by molar-refractivity contribution is 7.99. The quantitative estimate of drug-likeness (QED) is 0.744. The van der Waals surface area contributed by atoms with Gasteiger partial charge >= 0.3 is 0 Å². The van der Waals surface area contributed by atoms with Crippen molar-refractivity contribution in [3.63, 3.8) is 0 Å². The summed E-state index contributed by atoms with van der Waals surface area (Å²) in [6, 6.07) is 13.5. The molecule has 0 fully saturated rings. The molecule has 0 aliphatic rings. The van der Waals surface area contributed by atoms with Crippen LogP contribution < -0.4 is 5.32 Å². The summed E-state index contributed by atoms with van der Waals surface area (Å²) in [5.74, 6) is 0.823. The van der Waals surface area contributed by atoms with Crippen LogP contribution in [-0.4, -0.2) is 21.5 Å². The lowest BCUT2D eigenvalue weighted by Crippen LogP contribution is -2.02. The van der Waals surface area contributed by atoms with Crippen LogP contribution in [0.2, 0.25) is 0 Å². The van der Waals surface area contributed by atoms with E-state index in [2.05, 4.69) is 26.3 Å². The molecule has 1 aromatic carbocycles. The second kappa shape index (κ2) is 6.41. The van der Waals surface area contributed by atoms with Gasteiger partial charge in [-0.3, -0.25) is 0 Å². The van der Waals surface area contributed by atoms with Crippen LogP contribution in [0.1, 0.15) is 12.5 Å². The fraction of sp³-hybridized carbons (Fsp3) is 0.125. The highest BCUT2D eigenvalue weighted by Crippen LogP contribution is 2.28. The Morgan fingerprint density at radius 2 is 2.05 bits per heavy atom. The number of hydrogen-bond acceptors (Lipinski definition) is 6. The molecule has 0 bridgehead atoms.